The first-order valence-corrected chi connectivity index (χ1v) is 3.67. The van der Waals surface area contributed by atoms with E-state index < -0.39 is 17.9 Å². The van der Waals surface area contributed by atoms with E-state index in [0.29, 0.717) is 6.61 Å². The molecule has 1 atom stereocenters. The molecule has 0 saturated carbocycles. The van der Waals surface area contributed by atoms with Crippen molar-refractivity contribution in [1.29, 1.82) is 0 Å². The highest BCUT2D eigenvalue weighted by Crippen LogP contribution is 1.82. The van der Waals surface area contributed by atoms with Crippen molar-refractivity contribution in [2.75, 3.05) is 13.2 Å². The minimum absolute atomic E-state index is 0.0892. The Labute approximate surface area is 70.7 Å². The minimum Gasteiger partial charge on any atom is -0.480 e. The lowest BCUT2D eigenvalue weighted by Crippen LogP contribution is -2.40. The molecule has 0 heterocycles. The normalized spacial score (nSPS) is 12.2. The Balaban J connectivity index is 3.61. The van der Waals surface area contributed by atoms with Gasteiger partial charge >= 0.3 is 5.97 Å². The van der Waals surface area contributed by atoms with Crippen LogP contribution in [0, 0.1) is 0 Å². The molecule has 0 bridgehead atoms. The van der Waals surface area contributed by atoms with Gasteiger partial charge in [-0.1, -0.05) is 0 Å². The molecule has 0 aromatic rings. The average Bonchev–Trinajstić information content (AvgIpc) is 2.00. The lowest BCUT2D eigenvalue weighted by Gasteiger charge is -2.08. The highest BCUT2D eigenvalue weighted by molar-refractivity contribution is 5.83. The number of hydrogen-bond acceptors (Lipinski definition) is 3. The summed E-state index contributed by atoms with van der Waals surface area (Å²) in [7, 11) is 0. The van der Waals surface area contributed by atoms with Crippen LogP contribution in [0.5, 0.6) is 0 Å². The quantitative estimate of drug-likeness (QED) is 0.596. The molecule has 0 rings (SSSR count). The van der Waals surface area contributed by atoms with Crippen molar-refractivity contribution in [1.82, 2.24) is 5.32 Å². The monoisotopic (exact) mass is 175 g/mol. The maximum atomic E-state index is 10.8. The van der Waals surface area contributed by atoms with E-state index in [1.54, 1.807) is 6.92 Å². The molecule has 0 radical (unpaired) electrons. The SMILES string of the molecule is CCOCC(=O)N[C@@H](C)C(=O)O. The molecular formula is C7H13NO4. The van der Waals surface area contributed by atoms with Gasteiger partial charge < -0.3 is 15.2 Å². The zero-order valence-electron chi connectivity index (χ0n) is 7.16. The molecule has 0 saturated heterocycles. The maximum absolute atomic E-state index is 10.8. The van der Waals surface area contributed by atoms with Gasteiger partial charge in [-0.2, -0.15) is 0 Å². The number of rotatable bonds is 5. The number of carbonyl (C=O) groups excluding carboxylic acids is 1. The highest BCUT2D eigenvalue weighted by Gasteiger charge is 2.12. The van der Waals surface area contributed by atoms with Crippen LogP contribution in [-0.2, 0) is 14.3 Å². The van der Waals surface area contributed by atoms with E-state index in [1.165, 1.54) is 6.92 Å². The van der Waals surface area contributed by atoms with Gasteiger partial charge in [0.05, 0.1) is 0 Å². The van der Waals surface area contributed by atoms with Crippen LogP contribution in [0.3, 0.4) is 0 Å². The Bertz CT molecular complexity index is 169. The Kier molecular flexibility index (Phi) is 5.03. The molecule has 5 nitrogen and oxygen atoms in total. The average molecular weight is 175 g/mol. The molecule has 0 spiro atoms. The predicted octanol–water partition coefficient (Wildman–Crippen LogP) is -0.388. The second-order valence-electron chi connectivity index (χ2n) is 2.26. The standard InChI is InChI=1S/C7H13NO4/c1-3-12-4-6(9)8-5(2)7(10)11/h5H,3-4H2,1-2H3,(H,8,9)(H,10,11)/t5-/m0/s1. The van der Waals surface area contributed by atoms with Crippen LogP contribution in [-0.4, -0.2) is 36.2 Å². The van der Waals surface area contributed by atoms with Gasteiger partial charge in [-0.15, -0.1) is 0 Å². The zero-order valence-corrected chi connectivity index (χ0v) is 7.16. The van der Waals surface area contributed by atoms with Crippen LogP contribution in [0.1, 0.15) is 13.8 Å². The summed E-state index contributed by atoms with van der Waals surface area (Å²) in [6.45, 7) is 3.50. The summed E-state index contributed by atoms with van der Waals surface area (Å²) in [4.78, 5) is 21.1. The Morgan fingerprint density at radius 2 is 2.17 bits per heavy atom. The Morgan fingerprint density at radius 1 is 1.58 bits per heavy atom. The molecule has 0 aromatic heterocycles. The van der Waals surface area contributed by atoms with Crippen molar-refractivity contribution in [2.24, 2.45) is 0 Å². The number of carboxylic acids is 1. The zero-order chi connectivity index (χ0) is 9.56. The van der Waals surface area contributed by atoms with Gasteiger partial charge in [-0.05, 0) is 13.8 Å². The van der Waals surface area contributed by atoms with Crippen molar-refractivity contribution < 1.29 is 19.4 Å². The first-order valence-electron chi connectivity index (χ1n) is 3.67. The number of nitrogens with one attached hydrogen (secondary N) is 1. The molecule has 0 aliphatic heterocycles. The van der Waals surface area contributed by atoms with Gasteiger partial charge in [0, 0.05) is 6.61 Å². The Hall–Kier alpha value is -1.10. The summed E-state index contributed by atoms with van der Waals surface area (Å²) in [6, 6.07) is -0.863. The summed E-state index contributed by atoms with van der Waals surface area (Å²) in [5.41, 5.74) is 0. The van der Waals surface area contributed by atoms with Gasteiger partial charge in [-0.3, -0.25) is 9.59 Å². The molecule has 0 aliphatic rings. The van der Waals surface area contributed by atoms with Crippen LogP contribution in [0.4, 0.5) is 0 Å². The van der Waals surface area contributed by atoms with Crippen molar-refractivity contribution in [2.45, 2.75) is 19.9 Å². The number of carbonyl (C=O) groups is 2. The molecule has 0 unspecified atom stereocenters. The molecule has 0 aliphatic carbocycles. The van der Waals surface area contributed by atoms with Crippen LogP contribution in [0.2, 0.25) is 0 Å². The van der Waals surface area contributed by atoms with Gasteiger partial charge in [-0.25, -0.2) is 0 Å². The number of aliphatic carboxylic acids is 1. The van der Waals surface area contributed by atoms with E-state index >= 15 is 0 Å². The van der Waals surface area contributed by atoms with Crippen LogP contribution >= 0.6 is 0 Å². The van der Waals surface area contributed by atoms with Gasteiger partial charge in [0.25, 0.3) is 0 Å². The van der Waals surface area contributed by atoms with E-state index in [1.807, 2.05) is 0 Å². The number of ether oxygens (including phenoxy) is 1. The first-order chi connectivity index (χ1) is 5.57. The molecule has 70 valence electrons. The molecule has 2 N–H and O–H groups in total. The minimum atomic E-state index is -1.06. The summed E-state index contributed by atoms with van der Waals surface area (Å²) >= 11 is 0. The topological polar surface area (TPSA) is 75.6 Å². The summed E-state index contributed by atoms with van der Waals surface area (Å²) in [6.07, 6.45) is 0. The summed E-state index contributed by atoms with van der Waals surface area (Å²) in [5, 5.41) is 10.7. The second-order valence-corrected chi connectivity index (χ2v) is 2.26. The fourth-order valence-corrected chi connectivity index (χ4v) is 0.540. The van der Waals surface area contributed by atoms with Crippen molar-refractivity contribution in [3.05, 3.63) is 0 Å². The number of carboxylic acid groups (broad SMARTS) is 1. The summed E-state index contributed by atoms with van der Waals surface area (Å²) in [5.74, 6) is -1.47. The van der Waals surface area contributed by atoms with Crippen LogP contribution < -0.4 is 5.32 Å². The fraction of sp³-hybridized carbons (Fsp3) is 0.714. The van der Waals surface area contributed by atoms with E-state index in [-0.39, 0.29) is 6.61 Å². The number of amides is 1. The first kappa shape index (κ1) is 10.9. The van der Waals surface area contributed by atoms with E-state index in [2.05, 4.69) is 5.32 Å². The summed E-state index contributed by atoms with van der Waals surface area (Å²) < 4.78 is 4.77. The second kappa shape index (κ2) is 5.54. The van der Waals surface area contributed by atoms with Crippen molar-refractivity contribution >= 4 is 11.9 Å². The largest absolute Gasteiger partial charge is 0.480 e. The molecule has 1 amide bonds. The maximum Gasteiger partial charge on any atom is 0.325 e. The lowest BCUT2D eigenvalue weighted by molar-refractivity contribution is -0.141. The Morgan fingerprint density at radius 3 is 2.58 bits per heavy atom. The molecule has 0 aromatic carbocycles. The van der Waals surface area contributed by atoms with Crippen molar-refractivity contribution in [3.8, 4) is 0 Å². The van der Waals surface area contributed by atoms with Gasteiger partial charge in [0.1, 0.15) is 12.6 Å². The lowest BCUT2D eigenvalue weighted by atomic mass is 10.3. The smallest absolute Gasteiger partial charge is 0.325 e. The van der Waals surface area contributed by atoms with E-state index in [9.17, 15) is 9.59 Å². The van der Waals surface area contributed by atoms with E-state index in [4.69, 9.17) is 9.84 Å². The van der Waals surface area contributed by atoms with Gasteiger partial charge in [0.15, 0.2) is 0 Å². The predicted molar refractivity (Wildman–Crippen MR) is 41.7 cm³/mol. The third-order valence-corrected chi connectivity index (χ3v) is 1.19. The third kappa shape index (κ3) is 4.68. The molecule has 12 heavy (non-hydrogen) atoms. The molecule has 0 fully saturated rings. The number of hydrogen-bond donors (Lipinski definition) is 2. The van der Waals surface area contributed by atoms with Crippen molar-refractivity contribution in [3.63, 3.8) is 0 Å². The third-order valence-electron chi connectivity index (χ3n) is 1.19. The van der Waals surface area contributed by atoms with Crippen LogP contribution in [0.25, 0.3) is 0 Å². The fourth-order valence-electron chi connectivity index (χ4n) is 0.540. The van der Waals surface area contributed by atoms with Gasteiger partial charge in [0.2, 0.25) is 5.91 Å². The van der Waals surface area contributed by atoms with Crippen LogP contribution in [0.15, 0.2) is 0 Å². The van der Waals surface area contributed by atoms with E-state index in [0.717, 1.165) is 0 Å². The molecule has 5 heteroatoms. The molecular weight excluding hydrogens is 162 g/mol. The highest BCUT2D eigenvalue weighted by atomic mass is 16.5.